The van der Waals surface area contributed by atoms with Gasteiger partial charge in [0, 0.05) is 6.42 Å². The zero-order valence-corrected chi connectivity index (χ0v) is 11.4. The maximum Gasteiger partial charge on any atom is 0.391 e. The second-order valence-corrected chi connectivity index (χ2v) is 4.71. The highest BCUT2D eigenvalue weighted by atomic mass is 19.4. The van der Waals surface area contributed by atoms with Gasteiger partial charge in [-0.15, -0.1) is 0 Å². The van der Waals surface area contributed by atoms with E-state index in [0.29, 0.717) is 30.3 Å². The SMILES string of the molecule is OC(COCCC(F)(F)F)c1ccc2c(c1)OCCCO2. The summed E-state index contributed by atoms with van der Waals surface area (Å²) in [5.41, 5.74) is 0.520. The summed E-state index contributed by atoms with van der Waals surface area (Å²) < 4.78 is 51.7. The van der Waals surface area contributed by atoms with Gasteiger partial charge in [-0.1, -0.05) is 6.07 Å². The molecule has 0 saturated carbocycles. The van der Waals surface area contributed by atoms with Crippen LogP contribution >= 0.6 is 0 Å². The highest BCUT2D eigenvalue weighted by molar-refractivity contribution is 5.44. The number of rotatable bonds is 5. The highest BCUT2D eigenvalue weighted by Gasteiger charge is 2.26. The van der Waals surface area contributed by atoms with Crippen molar-refractivity contribution in [3.8, 4) is 11.5 Å². The lowest BCUT2D eigenvalue weighted by Crippen LogP contribution is -2.14. The second kappa shape index (κ2) is 7.00. The summed E-state index contributed by atoms with van der Waals surface area (Å²) in [6, 6.07) is 4.94. The van der Waals surface area contributed by atoms with Crippen molar-refractivity contribution in [1.29, 1.82) is 0 Å². The van der Waals surface area contributed by atoms with Gasteiger partial charge in [-0.05, 0) is 17.7 Å². The third-order valence-corrected chi connectivity index (χ3v) is 2.96. The minimum absolute atomic E-state index is 0.199. The normalized spacial score (nSPS) is 16.4. The Balaban J connectivity index is 1.87. The van der Waals surface area contributed by atoms with Crippen LogP contribution in [0.25, 0.3) is 0 Å². The van der Waals surface area contributed by atoms with Crippen LogP contribution in [-0.4, -0.2) is 37.7 Å². The molecule has 1 aromatic rings. The average molecular weight is 306 g/mol. The van der Waals surface area contributed by atoms with E-state index in [1.807, 2.05) is 0 Å². The maximum atomic E-state index is 12.0. The summed E-state index contributed by atoms with van der Waals surface area (Å²) in [5.74, 6) is 1.13. The van der Waals surface area contributed by atoms with Gasteiger partial charge in [-0.2, -0.15) is 13.2 Å². The fraction of sp³-hybridized carbons (Fsp3) is 0.571. The van der Waals surface area contributed by atoms with E-state index in [0.717, 1.165) is 6.42 Å². The molecule has 1 aliphatic heterocycles. The molecule has 0 amide bonds. The summed E-state index contributed by atoms with van der Waals surface area (Å²) in [6.45, 7) is 0.422. The van der Waals surface area contributed by atoms with Crippen molar-refractivity contribution in [2.45, 2.75) is 25.1 Å². The van der Waals surface area contributed by atoms with Crippen LogP contribution in [0.1, 0.15) is 24.5 Å². The Morgan fingerprint density at radius 2 is 1.90 bits per heavy atom. The molecular formula is C14H17F3O4. The van der Waals surface area contributed by atoms with Gasteiger partial charge in [-0.3, -0.25) is 0 Å². The molecule has 1 aromatic carbocycles. The molecule has 1 N–H and O–H groups in total. The van der Waals surface area contributed by atoms with Gasteiger partial charge < -0.3 is 19.3 Å². The lowest BCUT2D eigenvalue weighted by molar-refractivity contribution is -0.147. The summed E-state index contributed by atoms with van der Waals surface area (Å²) >= 11 is 0. The van der Waals surface area contributed by atoms with Crippen molar-refractivity contribution in [1.82, 2.24) is 0 Å². The minimum Gasteiger partial charge on any atom is -0.490 e. The van der Waals surface area contributed by atoms with Crippen molar-refractivity contribution >= 4 is 0 Å². The lowest BCUT2D eigenvalue weighted by Gasteiger charge is -2.14. The molecule has 0 radical (unpaired) electrons. The molecule has 4 nitrogen and oxygen atoms in total. The van der Waals surface area contributed by atoms with E-state index in [1.165, 1.54) is 0 Å². The zero-order chi connectivity index (χ0) is 15.3. The average Bonchev–Trinajstić information content (AvgIpc) is 2.66. The van der Waals surface area contributed by atoms with Gasteiger partial charge in [0.05, 0.1) is 32.8 Å². The Morgan fingerprint density at radius 1 is 1.19 bits per heavy atom. The monoisotopic (exact) mass is 306 g/mol. The molecule has 1 unspecified atom stereocenters. The van der Waals surface area contributed by atoms with Crippen molar-refractivity contribution in [3.05, 3.63) is 23.8 Å². The molecule has 1 atom stereocenters. The van der Waals surface area contributed by atoms with Crippen LogP contribution in [-0.2, 0) is 4.74 Å². The van der Waals surface area contributed by atoms with E-state index in [2.05, 4.69) is 0 Å². The Labute approximate surface area is 120 Å². The third-order valence-electron chi connectivity index (χ3n) is 2.96. The molecule has 2 rings (SSSR count). The van der Waals surface area contributed by atoms with E-state index >= 15 is 0 Å². The van der Waals surface area contributed by atoms with Crippen LogP contribution in [0, 0.1) is 0 Å². The first kappa shape index (κ1) is 15.9. The Kier molecular flexibility index (Phi) is 5.30. The zero-order valence-electron chi connectivity index (χ0n) is 11.4. The number of hydrogen-bond donors (Lipinski definition) is 1. The van der Waals surface area contributed by atoms with E-state index < -0.39 is 25.3 Å². The maximum absolute atomic E-state index is 12.0. The van der Waals surface area contributed by atoms with Gasteiger partial charge in [0.25, 0.3) is 0 Å². The number of hydrogen-bond acceptors (Lipinski definition) is 4. The van der Waals surface area contributed by atoms with Crippen molar-refractivity contribution < 1.29 is 32.5 Å². The summed E-state index contributed by atoms with van der Waals surface area (Å²) in [4.78, 5) is 0. The standard InChI is InChI=1S/C14H17F3O4/c15-14(16,17)4-7-19-9-11(18)10-2-3-12-13(8-10)21-6-1-5-20-12/h2-3,8,11,18H,1,4-7,9H2. The molecule has 0 aliphatic carbocycles. The second-order valence-electron chi connectivity index (χ2n) is 4.71. The summed E-state index contributed by atoms with van der Waals surface area (Å²) in [7, 11) is 0. The van der Waals surface area contributed by atoms with Crippen LogP contribution in [0.4, 0.5) is 13.2 Å². The van der Waals surface area contributed by atoms with Crippen LogP contribution in [0.2, 0.25) is 0 Å². The van der Waals surface area contributed by atoms with Crippen molar-refractivity contribution in [3.63, 3.8) is 0 Å². The minimum atomic E-state index is -4.25. The Hall–Kier alpha value is -1.47. The van der Waals surface area contributed by atoms with E-state index in [4.69, 9.17) is 14.2 Å². The van der Waals surface area contributed by atoms with Crippen molar-refractivity contribution in [2.24, 2.45) is 0 Å². The Bertz CT molecular complexity index is 462. The van der Waals surface area contributed by atoms with Gasteiger partial charge >= 0.3 is 6.18 Å². The van der Waals surface area contributed by atoms with E-state index in [-0.39, 0.29) is 6.61 Å². The van der Waals surface area contributed by atoms with Gasteiger partial charge in [-0.25, -0.2) is 0 Å². The fourth-order valence-electron chi connectivity index (χ4n) is 1.87. The third kappa shape index (κ3) is 5.09. The van der Waals surface area contributed by atoms with Crippen LogP contribution < -0.4 is 9.47 Å². The van der Waals surface area contributed by atoms with Gasteiger partial charge in [0.2, 0.25) is 0 Å². The lowest BCUT2D eigenvalue weighted by atomic mass is 10.1. The number of halogens is 3. The van der Waals surface area contributed by atoms with Crippen LogP contribution in [0.5, 0.6) is 11.5 Å². The van der Waals surface area contributed by atoms with Crippen LogP contribution in [0.3, 0.4) is 0 Å². The number of aliphatic hydroxyl groups excluding tert-OH is 1. The smallest absolute Gasteiger partial charge is 0.391 e. The fourth-order valence-corrected chi connectivity index (χ4v) is 1.87. The van der Waals surface area contributed by atoms with Gasteiger partial charge in [0.1, 0.15) is 6.10 Å². The first-order valence-corrected chi connectivity index (χ1v) is 6.68. The molecule has 7 heteroatoms. The Morgan fingerprint density at radius 3 is 2.62 bits per heavy atom. The summed E-state index contributed by atoms with van der Waals surface area (Å²) in [6.07, 6.45) is -5.51. The first-order chi connectivity index (χ1) is 9.96. The number of ether oxygens (including phenoxy) is 3. The number of aliphatic hydroxyl groups is 1. The quantitative estimate of drug-likeness (QED) is 0.850. The molecule has 0 fully saturated rings. The molecule has 21 heavy (non-hydrogen) atoms. The highest BCUT2D eigenvalue weighted by Crippen LogP contribution is 2.32. The molecule has 0 saturated heterocycles. The number of alkyl halides is 3. The largest absolute Gasteiger partial charge is 0.490 e. The van der Waals surface area contributed by atoms with Gasteiger partial charge in [0.15, 0.2) is 11.5 Å². The predicted octanol–water partition coefficient (Wildman–Crippen LogP) is 2.85. The molecule has 1 heterocycles. The number of fused-ring (bicyclic) bond motifs is 1. The predicted molar refractivity (Wildman–Crippen MR) is 68.5 cm³/mol. The molecule has 118 valence electrons. The molecule has 0 bridgehead atoms. The first-order valence-electron chi connectivity index (χ1n) is 6.68. The van der Waals surface area contributed by atoms with Crippen molar-refractivity contribution in [2.75, 3.05) is 26.4 Å². The topological polar surface area (TPSA) is 47.9 Å². The molecular weight excluding hydrogens is 289 g/mol. The molecule has 1 aliphatic rings. The summed E-state index contributed by atoms with van der Waals surface area (Å²) in [5, 5.41) is 9.92. The number of benzene rings is 1. The van der Waals surface area contributed by atoms with E-state index in [1.54, 1.807) is 18.2 Å². The molecule has 0 aromatic heterocycles. The van der Waals surface area contributed by atoms with Crippen LogP contribution in [0.15, 0.2) is 18.2 Å². The van der Waals surface area contributed by atoms with E-state index in [9.17, 15) is 18.3 Å². The molecule has 0 spiro atoms.